The molecule has 0 radical (unpaired) electrons. The van der Waals surface area contributed by atoms with E-state index in [2.05, 4.69) is 302 Å². The van der Waals surface area contributed by atoms with Gasteiger partial charge in [0.05, 0.1) is 42.8 Å². The second kappa shape index (κ2) is 20.0. The average Bonchev–Trinajstić information content (AvgIpc) is 1.66. The third-order valence-corrected chi connectivity index (χ3v) is 24.3. The first kappa shape index (κ1) is 52.3. The Morgan fingerprint density at radius 2 is 0.598 bits per heavy atom. The second-order valence-corrected chi connectivity index (χ2v) is 29.0. The van der Waals surface area contributed by atoms with Gasteiger partial charge in [0.1, 0.15) is 0 Å². The molecular weight excluding hydrogens is 1190 g/mol. The van der Waals surface area contributed by atoms with E-state index in [9.17, 15) is 0 Å². The van der Waals surface area contributed by atoms with Crippen LogP contribution in [0.2, 0.25) is 0 Å². The normalized spacial score (nSPS) is 12.2. The minimum atomic E-state index is 1.19. The lowest BCUT2D eigenvalue weighted by Crippen LogP contribution is -1.94. The van der Waals surface area contributed by atoms with Gasteiger partial charge >= 0.3 is 0 Å². The van der Waals surface area contributed by atoms with Crippen molar-refractivity contribution in [3.63, 3.8) is 0 Å². The molecule has 430 valence electrons. The van der Waals surface area contributed by atoms with E-state index in [1.54, 1.807) is 0 Å². The van der Waals surface area contributed by atoms with Crippen molar-refractivity contribution in [1.82, 2.24) is 9.13 Å². The fourth-order valence-electron chi connectivity index (χ4n) is 15.2. The van der Waals surface area contributed by atoms with Gasteiger partial charge < -0.3 is 9.13 Å². The van der Waals surface area contributed by atoms with Crippen LogP contribution in [-0.4, -0.2) is 9.13 Å². The van der Waals surface area contributed by atoms with Crippen LogP contribution >= 0.6 is 45.3 Å². The fraction of sp³-hybridized carbons (Fsp3) is 0.0233. The van der Waals surface area contributed by atoms with E-state index in [0.29, 0.717) is 0 Å². The lowest BCUT2D eigenvalue weighted by Gasteiger charge is -2.10. The quantitative estimate of drug-likeness (QED) is 0.151. The number of benzene rings is 14. The highest BCUT2D eigenvalue weighted by atomic mass is 32.1. The molecule has 0 saturated carbocycles. The topological polar surface area (TPSA) is 9.86 Å². The molecule has 6 aromatic heterocycles. The molecule has 6 heterocycles. The number of aryl methyl sites for hydroxylation is 2. The highest BCUT2D eigenvalue weighted by molar-refractivity contribution is 7.27. The zero-order chi connectivity index (χ0) is 60.4. The minimum absolute atomic E-state index is 1.19. The van der Waals surface area contributed by atoms with E-state index in [4.69, 9.17) is 0 Å². The Labute approximate surface area is 545 Å². The summed E-state index contributed by atoms with van der Waals surface area (Å²) in [7, 11) is 0. The van der Waals surface area contributed by atoms with E-state index >= 15 is 0 Å². The predicted octanol–water partition coefficient (Wildman–Crippen LogP) is 26.3. The Kier molecular flexibility index (Phi) is 11.4. The van der Waals surface area contributed by atoms with E-state index in [0.717, 1.165) is 0 Å². The molecule has 0 saturated heterocycles. The fourth-order valence-corrected chi connectivity index (χ4v) is 20.0. The molecular formula is C86H52N2S4. The van der Waals surface area contributed by atoms with Crippen molar-refractivity contribution in [1.29, 1.82) is 0 Å². The lowest BCUT2D eigenvalue weighted by molar-refractivity contribution is 1.20. The minimum Gasteiger partial charge on any atom is -0.308 e. The first-order valence-corrected chi connectivity index (χ1v) is 34.7. The van der Waals surface area contributed by atoms with Crippen molar-refractivity contribution in [3.8, 4) is 67.0 Å². The van der Waals surface area contributed by atoms with Gasteiger partial charge in [0.25, 0.3) is 0 Å². The maximum absolute atomic E-state index is 2.52. The molecule has 20 rings (SSSR count). The molecule has 0 aliphatic carbocycles. The van der Waals surface area contributed by atoms with Gasteiger partial charge in [-0.05, 0) is 167 Å². The van der Waals surface area contributed by atoms with Crippen molar-refractivity contribution in [3.05, 3.63) is 290 Å². The molecule has 0 aliphatic rings. The van der Waals surface area contributed by atoms with Crippen LogP contribution in [0.5, 0.6) is 0 Å². The molecule has 0 spiro atoms. The van der Waals surface area contributed by atoms with Gasteiger partial charge in [-0.2, -0.15) is 0 Å². The van der Waals surface area contributed by atoms with Crippen molar-refractivity contribution in [2.45, 2.75) is 13.8 Å². The van der Waals surface area contributed by atoms with E-state index in [1.807, 2.05) is 45.3 Å². The standard InChI is InChI=1S/C86H52N2S4/c1-49-27-37-72-66(43-49)67-44-50(2)28-38-73(67)87(72)76-23-10-20-63-70-47-56(35-41-79(70)90-85(63)76)58-16-12-26-81-82(58)65-22-9-17-59(84(65)92-81)53-31-29-52(30-32-53)55-34-40-75-69(46-55)68-45-54(51-13-4-3-5-14-51)33-39-74(68)88(75)77-24-11-21-64-71-48-57(36-42-80(71)91-86(64)77)60-18-8-19-62-61-15-6-7-25-78(61)89-83(60)62/h3-48H,1-2H3. The van der Waals surface area contributed by atoms with Gasteiger partial charge in [0.15, 0.2) is 0 Å². The monoisotopic (exact) mass is 1240 g/mol. The van der Waals surface area contributed by atoms with Crippen LogP contribution < -0.4 is 0 Å². The van der Waals surface area contributed by atoms with E-state index in [-0.39, 0.29) is 0 Å². The molecule has 0 amide bonds. The predicted molar refractivity (Wildman–Crippen MR) is 403 cm³/mol. The largest absolute Gasteiger partial charge is 0.308 e. The summed E-state index contributed by atoms with van der Waals surface area (Å²) < 4.78 is 15.5. The number of hydrogen-bond acceptors (Lipinski definition) is 4. The summed E-state index contributed by atoms with van der Waals surface area (Å²) >= 11 is 7.60. The summed E-state index contributed by atoms with van der Waals surface area (Å²) in [4.78, 5) is 0. The van der Waals surface area contributed by atoms with Crippen LogP contribution in [-0.2, 0) is 0 Å². The van der Waals surface area contributed by atoms with Gasteiger partial charge in [-0.1, -0.05) is 193 Å². The Hall–Kier alpha value is -10.4. The van der Waals surface area contributed by atoms with Gasteiger partial charge in [0.2, 0.25) is 0 Å². The number of nitrogens with zero attached hydrogens (tertiary/aromatic N) is 2. The molecule has 0 unspecified atom stereocenters. The van der Waals surface area contributed by atoms with E-state index in [1.165, 1.54) is 202 Å². The molecule has 0 fully saturated rings. The molecule has 0 N–H and O–H groups in total. The number of thiophene rings is 4. The summed E-state index contributed by atoms with van der Waals surface area (Å²) in [6.45, 7) is 4.39. The summed E-state index contributed by atoms with van der Waals surface area (Å²) in [6.07, 6.45) is 0. The molecule has 0 atom stereocenters. The zero-order valence-corrected chi connectivity index (χ0v) is 53.4. The maximum atomic E-state index is 2.52. The number of fused-ring (bicyclic) bond motifs is 18. The van der Waals surface area contributed by atoms with Crippen LogP contribution in [0.15, 0.2) is 279 Å². The first-order valence-electron chi connectivity index (χ1n) is 31.4. The molecule has 14 aromatic carbocycles. The number of rotatable bonds is 7. The summed E-state index contributed by atoms with van der Waals surface area (Å²) in [6, 6.07) is 105. The zero-order valence-electron chi connectivity index (χ0n) is 50.1. The molecule has 92 heavy (non-hydrogen) atoms. The summed E-state index contributed by atoms with van der Waals surface area (Å²) in [5.41, 5.74) is 22.2. The van der Waals surface area contributed by atoms with Crippen LogP contribution in [0.4, 0.5) is 0 Å². The van der Waals surface area contributed by atoms with Crippen molar-refractivity contribution in [2.75, 3.05) is 0 Å². The van der Waals surface area contributed by atoms with Gasteiger partial charge in [-0.25, -0.2) is 0 Å². The average molecular weight is 1240 g/mol. The Morgan fingerprint density at radius 3 is 1.22 bits per heavy atom. The molecule has 6 heteroatoms. The van der Waals surface area contributed by atoms with Gasteiger partial charge in [-0.15, -0.1) is 45.3 Å². The Balaban J connectivity index is 0.670. The van der Waals surface area contributed by atoms with Crippen molar-refractivity contribution < 1.29 is 0 Å². The number of hydrogen-bond donors (Lipinski definition) is 0. The summed E-state index contributed by atoms with van der Waals surface area (Å²) in [5.74, 6) is 0. The van der Waals surface area contributed by atoms with Crippen molar-refractivity contribution >= 4 is 170 Å². The van der Waals surface area contributed by atoms with Crippen LogP contribution in [0.25, 0.3) is 191 Å². The maximum Gasteiger partial charge on any atom is 0.0640 e. The molecule has 2 nitrogen and oxygen atoms in total. The van der Waals surface area contributed by atoms with Crippen LogP contribution in [0.1, 0.15) is 11.1 Å². The van der Waals surface area contributed by atoms with Gasteiger partial charge in [0, 0.05) is 92.8 Å². The molecule has 20 aromatic rings. The summed E-state index contributed by atoms with van der Waals surface area (Å²) in [5, 5.41) is 15.5. The molecule has 0 aliphatic heterocycles. The smallest absolute Gasteiger partial charge is 0.0640 e. The van der Waals surface area contributed by atoms with Crippen LogP contribution in [0.3, 0.4) is 0 Å². The Bertz CT molecular complexity index is 6460. The van der Waals surface area contributed by atoms with Crippen LogP contribution in [0, 0.1) is 13.8 Å². The highest BCUT2D eigenvalue weighted by Gasteiger charge is 2.23. The van der Waals surface area contributed by atoms with E-state index < -0.39 is 0 Å². The second-order valence-electron chi connectivity index (χ2n) is 24.8. The first-order chi connectivity index (χ1) is 45.4. The Morgan fingerprint density at radius 1 is 0.217 bits per heavy atom. The lowest BCUT2D eigenvalue weighted by atomic mass is 9.95. The third-order valence-electron chi connectivity index (χ3n) is 19.5. The van der Waals surface area contributed by atoms with Crippen molar-refractivity contribution in [2.24, 2.45) is 0 Å². The van der Waals surface area contributed by atoms with Gasteiger partial charge in [-0.3, -0.25) is 0 Å². The SMILES string of the molecule is Cc1ccc2c(c1)c1cc(C)ccc1n2-c1cccc2c1sc1ccc(-c3cccc4sc5c(-c6ccc(-c7ccc8c(c7)c7cc(-c9ccccc9)ccc7n8-c7cccc8c7sc7ccc(-c9cccc%10c9sc9ccccc9%10)cc78)cc6)cccc5c34)cc12. The number of aromatic nitrogens is 2. The highest BCUT2D eigenvalue weighted by Crippen LogP contribution is 2.49. The molecule has 0 bridgehead atoms. The third kappa shape index (κ3) is 7.82.